The first kappa shape index (κ1) is 13.8. The van der Waals surface area contributed by atoms with E-state index in [4.69, 9.17) is 16.0 Å². The van der Waals surface area contributed by atoms with Crippen LogP contribution in [0.15, 0.2) is 22.6 Å². The zero-order valence-electron chi connectivity index (χ0n) is 10.6. The van der Waals surface area contributed by atoms with Crippen molar-refractivity contribution >= 4 is 23.3 Å². The zero-order valence-corrected chi connectivity index (χ0v) is 11.3. The third-order valence-electron chi connectivity index (χ3n) is 2.49. The van der Waals surface area contributed by atoms with Crippen molar-refractivity contribution in [2.24, 2.45) is 0 Å². The maximum atomic E-state index is 13.1. The maximum absolute atomic E-state index is 13.1. The Kier molecular flexibility index (Phi) is 4.34. The van der Waals surface area contributed by atoms with E-state index in [0.717, 1.165) is 6.54 Å². The number of hydrogen-bond donors (Lipinski definition) is 2. The van der Waals surface area contributed by atoms with Crippen LogP contribution in [0.5, 0.6) is 0 Å². The number of halogens is 2. The van der Waals surface area contributed by atoms with Crippen molar-refractivity contribution in [2.75, 3.05) is 11.9 Å². The lowest BCUT2D eigenvalue weighted by Gasteiger charge is -2.06. The largest absolute Gasteiger partial charge is 0.406 e. The second-order valence-electron chi connectivity index (χ2n) is 3.97. The van der Waals surface area contributed by atoms with Gasteiger partial charge < -0.3 is 15.1 Å². The van der Waals surface area contributed by atoms with Crippen molar-refractivity contribution in [3.63, 3.8) is 0 Å². The van der Waals surface area contributed by atoms with E-state index >= 15 is 0 Å². The van der Waals surface area contributed by atoms with Crippen LogP contribution in [-0.2, 0) is 0 Å². The van der Waals surface area contributed by atoms with Crippen molar-refractivity contribution in [3.05, 3.63) is 34.9 Å². The standard InChI is InChI=1S/C12H14ClFN4O/c1-3-15-7(2)11-17-18-12(19-11)16-10-6-8(14)4-5-9(10)13/h4-7,15H,3H2,1-2H3,(H,16,18). The molecule has 1 aromatic carbocycles. The molecule has 2 aromatic rings. The Labute approximate surface area is 115 Å². The monoisotopic (exact) mass is 284 g/mol. The van der Waals surface area contributed by atoms with E-state index in [-0.39, 0.29) is 12.1 Å². The summed E-state index contributed by atoms with van der Waals surface area (Å²) in [7, 11) is 0. The third kappa shape index (κ3) is 3.42. The van der Waals surface area contributed by atoms with E-state index in [0.29, 0.717) is 16.6 Å². The van der Waals surface area contributed by atoms with Crippen molar-refractivity contribution in [2.45, 2.75) is 19.9 Å². The van der Waals surface area contributed by atoms with Gasteiger partial charge in [-0.3, -0.25) is 0 Å². The molecule has 2 N–H and O–H groups in total. The fourth-order valence-electron chi connectivity index (χ4n) is 1.56. The SMILES string of the molecule is CCNC(C)c1nnc(Nc2cc(F)ccc2Cl)o1. The Morgan fingerprint density at radius 2 is 2.21 bits per heavy atom. The molecule has 0 spiro atoms. The van der Waals surface area contributed by atoms with Crippen LogP contribution in [-0.4, -0.2) is 16.7 Å². The van der Waals surface area contributed by atoms with E-state index < -0.39 is 5.82 Å². The summed E-state index contributed by atoms with van der Waals surface area (Å²) in [6.07, 6.45) is 0. The van der Waals surface area contributed by atoms with Gasteiger partial charge in [0.05, 0.1) is 16.8 Å². The first-order chi connectivity index (χ1) is 9.10. The second kappa shape index (κ2) is 5.99. The molecular weight excluding hydrogens is 271 g/mol. The highest BCUT2D eigenvalue weighted by molar-refractivity contribution is 6.33. The van der Waals surface area contributed by atoms with Crippen molar-refractivity contribution in [3.8, 4) is 0 Å². The minimum atomic E-state index is -0.396. The van der Waals surface area contributed by atoms with Gasteiger partial charge in [0.1, 0.15) is 5.82 Å². The average molecular weight is 285 g/mol. The maximum Gasteiger partial charge on any atom is 0.320 e. The highest BCUT2D eigenvalue weighted by atomic mass is 35.5. The molecule has 1 atom stereocenters. The fraction of sp³-hybridized carbons (Fsp3) is 0.333. The molecule has 0 aliphatic heterocycles. The number of hydrogen-bond acceptors (Lipinski definition) is 5. The second-order valence-corrected chi connectivity index (χ2v) is 4.38. The number of benzene rings is 1. The summed E-state index contributed by atoms with van der Waals surface area (Å²) < 4.78 is 18.5. The molecule has 0 amide bonds. The van der Waals surface area contributed by atoms with Crippen LogP contribution >= 0.6 is 11.6 Å². The Hall–Kier alpha value is -1.66. The van der Waals surface area contributed by atoms with E-state index in [9.17, 15) is 4.39 Å². The van der Waals surface area contributed by atoms with Gasteiger partial charge in [0.25, 0.3) is 0 Å². The lowest BCUT2D eigenvalue weighted by atomic mass is 10.3. The molecule has 0 radical (unpaired) electrons. The van der Waals surface area contributed by atoms with Crippen molar-refractivity contribution < 1.29 is 8.81 Å². The summed E-state index contributed by atoms with van der Waals surface area (Å²) in [5.74, 6) is 0.0598. The van der Waals surface area contributed by atoms with Crippen LogP contribution in [0.4, 0.5) is 16.1 Å². The van der Waals surface area contributed by atoms with E-state index in [2.05, 4.69) is 20.8 Å². The Morgan fingerprint density at radius 3 is 2.95 bits per heavy atom. The van der Waals surface area contributed by atoms with Gasteiger partial charge in [0, 0.05) is 0 Å². The molecule has 1 aromatic heterocycles. The van der Waals surface area contributed by atoms with E-state index in [1.807, 2.05) is 13.8 Å². The molecule has 102 valence electrons. The summed E-state index contributed by atoms with van der Waals surface area (Å²) in [5.41, 5.74) is 0.382. The molecule has 1 unspecified atom stereocenters. The predicted octanol–water partition coefficient (Wildman–Crippen LogP) is 3.28. The molecule has 0 aliphatic rings. The lowest BCUT2D eigenvalue weighted by molar-refractivity contribution is 0.430. The number of nitrogens with one attached hydrogen (secondary N) is 2. The Morgan fingerprint density at radius 1 is 1.42 bits per heavy atom. The van der Waals surface area contributed by atoms with Gasteiger partial charge in [-0.05, 0) is 31.7 Å². The lowest BCUT2D eigenvalue weighted by Crippen LogP contribution is -2.17. The summed E-state index contributed by atoms with van der Waals surface area (Å²) in [4.78, 5) is 0. The predicted molar refractivity (Wildman–Crippen MR) is 71.1 cm³/mol. The summed E-state index contributed by atoms with van der Waals surface area (Å²) >= 11 is 5.93. The molecule has 0 aliphatic carbocycles. The molecule has 5 nitrogen and oxygen atoms in total. The number of aromatic nitrogens is 2. The van der Waals surface area contributed by atoms with Gasteiger partial charge in [-0.25, -0.2) is 4.39 Å². The zero-order chi connectivity index (χ0) is 13.8. The number of nitrogens with zero attached hydrogens (tertiary/aromatic N) is 2. The van der Waals surface area contributed by atoms with Crippen molar-refractivity contribution in [1.29, 1.82) is 0 Å². The molecule has 0 saturated heterocycles. The molecule has 0 saturated carbocycles. The Balaban J connectivity index is 2.13. The number of anilines is 2. The molecule has 0 fully saturated rings. The highest BCUT2D eigenvalue weighted by Crippen LogP contribution is 2.26. The quantitative estimate of drug-likeness (QED) is 0.882. The molecule has 7 heteroatoms. The first-order valence-corrected chi connectivity index (χ1v) is 6.26. The number of rotatable bonds is 5. The summed E-state index contributed by atoms with van der Waals surface area (Å²) in [5, 5.41) is 14.1. The van der Waals surface area contributed by atoms with E-state index in [1.165, 1.54) is 18.2 Å². The van der Waals surface area contributed by atoms with Crippen LogP contribution in [0.25, 0.3) is 0 Å². The third-order valence-corrected chi connectivity index (χ3v) is 2.82. The summed E-state index contributed by atoms with van der Waals surface area (Å²) in [6.45, 7) is 4.69. The van der Waals surface area contributed by atoms with E-state index in [1.54, 1.807) is 0 Å². The highest BCUT2D eigenvalue weighted by Gasteiger charge is 2.13. The fourth-order valence-corrected chi connectivity index (χ4v) is 1.73. The van der Waals surface area contributed by atoms with Gasteiger partial charge in [-0.2, -0.15) is 0 Å². The van der Waals surface area contributed by atoms with Gasteiger partial charge in [0.2, 0.25) is 5.89 Å². The Bertz CT molecular complexity index is 560. The van der Waals surface area contributed by atoms with Crippen LogP contribution in [0.2, 0.25) is 5.02 Å². The minimum absolute atomic E-state index is 0.0453. The van der Waals surface area contributed by atoms with Crippen LogP contribution in [0, 0.1) is 5.82 Å². The minimum Gasteiger partial charge on any atom is -0.406 e. The molecule has 1 heterocycles. The topological polar surface area (TPSA) is 63.0 Å². The molecule has 2 rings (SSSR count). The van der Waals surface area contributed by atoms with Gasteiger partial charge in [0.15, 0.2) is 0 Å². The van der Waals surface area contributed by atoms with Crippen LogP contribution in [0.3, 0.4) is 0 Å². The molecule has 19 heavy (non-hydrogen) atoms. The normalized spacial score (nSPS) is 12.4. The molecular formula is C12H14ClFN4O. The van der Waals surface area contributed by atoms with Gasteiger partial charge >= 0.3 is 6.01 Å². The van der Waals surface area contributed by atoms with Crippen LogP contribution < -0.4 is 10.6 Å². The first-order valence-electron chi connectivity index (χ1n) is 5.89. The molecule has 0 bridgehead atoms. The smallest absolute Gasteiger partial charge is 0.320 e. The summed E-state index contributed by atoms with van der Waals surface area (Å²) in [6, 6.07) is 4.13. The van der Waals surface area contributed by atoms with Gasteiger partial charge in [-0.15, -0.1) is 5.10 Å². The average Bonchev–Trinajstić information content (AvgIpc) is 2.83. The van der Waals surface area contributed by atoms with Crippen molar-refractivity contribution in [1.82, 2.24) is 15.5 Å². The van der Waals surface area contributed by atoms with Crippen LogP contribution in [0.1, 0.15) is 25.8 Å². The van der Waals surface area contributed by atoms with Gasteiger partial charge in [-0.1, -0.05) is 23.6 Å².